The summed E-state index contributed by atoms with van der Waals surface area (Å²) >= 11 is 1.21. The number of nitrogens with two attached hydrogens (primary N) is 1. The molecule has 3 N–H and O–H groups in total. The molecule has 0 heterocycles. The van der Waals surface area contributed by atoms with E-state index < -0.39 is 0 Å². The van der Waals surface area contributed by atoms with Gasteiger partial charge >= 0.3 is 0 Å². The maximum Gasteiger partial charge on any atom is 0.233 e. The van der Waals surface area contributed by atoms with Gasteiger partial charge in [0.1, 0.15) is 0 Å². The minimum Gasteiger partial charge on any atom is -0.354 e. The highest BCUT2D eigenvalue weighted by Gasteiger charge is 2.06. The summed E-state index contributed by atoms with van der Waals surface area (Å²) in [6.07, 6.45) is 0. The second-order valence-electron chi connectivity index (χ2n) is 2.43. The molecule has 0 saturated heterocycles. The van der Waals surface area contributed by atoms with Crippen LogP contribution in [0, 0.1) is 0 Å². The number of carbonyl (C=O) groups excluding carboxylic acids is 2. The van der Waals surface area contributed by atoms with E-state index in [0.717, 1.165) is 0 Å². The van der Waals surface area contributed by atoms with E-state index in [2.05, 4.69) is 5.32 Å². The molecular formula is C7H14N2O2S. The molecule has 0 aromatic heterocycles. The topological polar surface area (TPSA) is 72.2 Å². The van der Waals surface area contributed by atoms with Gasteiger partial charge in [0.25, 0.3) is 0 Å². The van der Waals surface area contributed by atoms with Gasteiger partial charge < -0.3 is 11.1 Å². The average Bonchev–Trinajstić information content (AvgIpc) is 1.99. The second-order valence-corrected chi connectivity index (χ2v) is 4.04. The van der Waals surface area contributed by atoms with E-state index in [0.29, 0.717) is 6.54 Å². The zero-order valence-corrected chi connectivity index (χ0v) is 8.11. The Labute approximate surface area is 76.3 Å². The van der Waals surface area contributed by atoms with Crippen LogP contribution in [0.2, 0.25) is 0 Å². The smallest absolute Gasteiger partial charge is 0.233 e. The third-order valence-electron chi connectivity index (χ3n) is 1.14. The van der Waals surface area contributed by atoms with Crippen LogP contribution < -0.4 is 11.1 Å². The summed E-state index contributed by atoms with van der Waals surface area (Å²) < 4.78 is 0. The fraction of sp³-hybridized carbons (Fsp3) is 0.714. The van der Waals surface area contributed by atoms with Gasteiger partial charge in [0.15, 0.2) is 5.12 Å². The summed E-state index contributed by atoms with van der Waals surface area (Å²) in [4.78, 5) is 21.3. The lowest BCUT2D eigenvalue weighted by molar-refractivity contribution is -0.119. The van der Waals surface area contributed by atoms with Crippen LogP contribution in [0.5, 0.6) is 0 Å². The number of nitrogens with one attached hydrogen (secondary N) is 1. The molecule has 1 unspecified atom stereocenters. The normalized spacial score (nSPS) is 12.2. The molecule has 0 spiro atoms. The molecule has 0 fully saturated rings. The number of hydrogen-bond acceptors (Lipinski definition) is 4. The van der Waals surface area contributed by atoms with Crippen LogP contribution in [-0.4, -0.2) is 29.4 Å². The molecule has 0 saturated carbocycles. The number of carbonyl (C=O) groups is 2. The quantitative estimate of drug-likeness (QED) is 0.640. The van der Waals surface area contributed by atoms with Crippen molar-refractivity contribution in [1.29, 1.82) is 0 Å². The van der Waals surface area contributed by atoms with Crippen LogP contribution in [0.1, 0.15) is 13.8 Å². The van der Waals surface area contributed by atoms with Crippen LogP contribution in [0.25, 0.3) is 0 Å². The highest BCUT2D eigenvalue weighted by molar-refractivity contribution is 8.14. The van der Waals surface area contributed by atoms with E-state index in [9.17, 15) is 9.59 Å². The Balaban J connectivity index is 3.50. The van der Waals surface area contributed by atoms with Gasteiger partial charge in [-0.25, -0.2) is 0 Å². The number of thioether (sulfide) groups is 1. The third kappa shape index (κ3) is 6.18. The first-order valence-corrected chi connectivity index (χ1v) is 4.58. The fourth-order valence-electron chi connectivity index (χ4n) is 0.655. The molecule has 1 amide bonds. The lowest BCUT2D eigenvalue weighted by Gasteiger charge is -2.08. The zero-order chi connectivity index (χ0) is 9.56. The third-order valence-corrected chi connectivity index (χ3v) is 2.04. The maximum absolute atomic E-state index is 10.7. The molecule has 0 aromatic carbocycles. The molecule has 0 bridgehead atoms. The summed E-state index contributed by atoms with van der Waals surface area (Å²) in [7, 11) is 0. The largest absolute Gasteiger partial charge is 0.354 e. The van der Waals surface area contributed by atoms with Crippen molar-refractivity contribution in [3.05, 3.63) is 0 Å². The minimum absolute atomic E-state index is 0.00252. The molecule has 0 aliphatic heterocycles. The van der Waals surface area contributed by atoms with Gasteiger partial charge in [0.05, 0.1) is 6.54 Å². The molecule has 12 heavy (non-hydrogen) atoms. The first kappa shape index (κ1) is 11.4. The Morgan fingerprint density at radius 2 is 2.17 bits per heavy atom. The maximum atomic E-state index is 10.7. The summed E-state index contributed by atoms with van der Waals surface area (Å²) in [6, 6.07) is 0. The van der Waals surface area contributed by atoms with Crippen molar-refractivity contribution < 1.29 is 9.59 Å². The summed E-state index contributed by atoms with van der Waals surface area (Å²) in [5.41, 5.74) is 5.07. The van der Waals surface area contributed by atoms with Crippen LogP contribution in [0.4, 0.5) is 0 Å². The average molecular weight is 190 g/mol. The van der Waals surface area contributed by atoms with Crippen molar-refractivity contribution in [3.63, 3.8) is 0 Å². The van der Waals surface area contributed by atoms with E-state index in [-0.39, 0.29) is 22.8 Å². The van der Waals surface area contributed by atoms with Crippen LogP contribution in [0.3, 0.4) is 0 Å². The Morgan fingerprint density at radius 3 is 2.58 bits per heavy atom. The molecular weight excluding hydrogens is 176 g/mol. The minimum atomic E-state index is -0.189. The van der Waals surface area contributed by atoms with E-state index >= 15 is 0 Å². The van der Waals surface area contributed by atoms with Gasteiger partial charge in [0, 0.05) is 18.7 Å². The van der Waals surface area contributed by atoms with E-state index in [1.807, 2.05) is 6.92 Å². The molecule has 0 rings (SSSR count). The number of rotatable bonds is 4. The molecule has 0 radical (unpaired) electrons. The molecule has 1 atom stereocenters. The number of amides is 1. The first-order valence-electron chi connectivity index (χ1n) is 3.70. The second kappa shape index (κ2) is 6.02. The predicted octanol–water partition coefficient (Wildman–Crippen LogP) is -0.270. The van der Waals surface area contributed by atoms with E-state index in [1.165, 1.54) is 18.7 Å². The standard InChI is InChI=1S/C7H14N2O2S/c1-5(12-6(2)10)4-9-7(11)3-8/h5H,3-4,8H2,1-2H3,(H,9,11). The van der Waals surface area contributed by atoms with Gasteiger partial charge in [0.2, 0.25) is 5.91 Å². The summed E-state index contributed by atoms with van der Waals surface area (Å²) in [6.45, 7) is 3.87. The SMILES string of the molecule is CC(=O)SC(C)CNC(=O)CN. The van der Waals surface area contributed by atoms with Gasteiger partial charge in [-0.3, -0.25) is 9.59 Å². The van der Waals surface area contributed by atoms with Gasteiger partial charge in [-0.2, -0.15) is 0 Å². The summed E-state index contributed by atoms with van der Waals surface area (Å²) in [5, 5.41) is 2.77. The highest BCUT2D eigenvalue weighted by Crippen LogP contribution is 2.09. The monoisotopic (exact) mass is 190 g/mol. The Morgan fingerprint density at radius 1 is 1.58 bits per heavy atom. The fourth-order valence-corrected chi connectivity index (χ4v) is 1.39. The molecule has 70 valence electrons. The van der Waals surface area contributed by atoms with Crippen LogP contribution in [-0.2, 0) is 9.59 Å². The Hall–Kier alpha value is -0.550. The van der Waals surface area contributed by atoms with E-state index in [1.54, 1.807) is 0 Å². The predicted molar refractivity (Wildman–Crippen MR) is 49.8 cm³/mol. The van der Waals surface area contributed by atoms with Crippen molar-refractivity contribution in [1.82, 2.24) is 5.32 Å². The zero-order valence-electron chi connectivity index (χ0n) is 7.29. The van der Waals surface area contributed by atoms with E-state index in [4.69, 9.17) is 5.73 Å². The molecule has 4 nitrogen and oxygen atoms in total. The van der Waals surface area contributed by atoms with Crippen molar-refractivity contribution >= 4 is 22.8 Å². The van der Waals surface area contributed by atoms with Gasteiger partial charge in [-0.05, 0) is 0 Å². The molecule has 5 heteroatoms. The Kier molecular flexibility index (Phi) is 5.74. The van der Waals surface area contributed by atoms with Crippen LogP contribution in [0.15, 0.2) is 0 Å². The van der Waals surface area contributed by atoms with Gasteiger partial charge in [-0.15, -0.1) is 0 Å². The lowest BCUT2D eigenvalue weighted by atomic mass is 10.4. The Bertz CT molecular complexity index is 173. The summed E-state index contributed by atoms with van der Waals surface area (Å²) in [5.74, 6) is -0.189. The first-order chi connectivity index (χ1) is 5.56. The number of hydrogen-bond donors (Lipinski definition) is 2. The molecule has 0 aliphatic rings. The van der Waals surface area contributed by atoms with Crippen molar-refractivity contribution in [2.45, 2.75) is 19.1 Å². The lowest BCUT2D eigenvalue weighted by Crippen LogP contribution is -2.34. The van der Waals surface area contributed by atoms with Crippen molar-refractivity contribution in [2.75, 3.05) is 13.1 Å². The van der Waals surface area contributed by atoms with Crippen LogP contribution >= 0.6 is 11.8 Å². The molecule has 0 aromatic rings. The molecule has 0 aliphatic carbocycles. The highest BCUT2D eigenvalue weighted by atomic mass is 32.2. The van der Waals surface area contributed by atoms with Gasteiger partial charge in [-0.1, -0.05) is 18.7 Å². The van der Waals surface area contributed by atoms with Crippen molar-refractivity contribution in [2.24, 2.45) is 5.73 Å². The van der Waals surface area contributed by atoms with Crippen molar-refractivity contribution in [3.8, 4) is 0 Å².